The topological polar surface area (TPSA) is 32.3 Å². The molecule has 1 amide bonds. The van der Waals surface area contributed by atoms with Crippen molar-refractivity contribution in [3.8, 4) is 0 Å². The molecule has 78 valence electrons. The molecular weight excluding hydrogens is 176 g/mol. The monoisotopic (exact) mass is 194 g/mol. The van der Waals surface area contributed by atoms with Crippen molar-refractivity contribution in [1.82, 2.24) is 10.2 Å². The minimum atomic E-state index is -0.138. The summed E-state index contributed by atoms with van der Waals surface area (Å²) in [7, 11) is 0. The molecule has 0 bridgehead atoms. The Hall–Kier alpha value is -1.09. The van der Waals surface area contributed by atoms with Crippen molar-refractivity contribution in [2.75, 3.05) is 13.1 Å². The van der Waals surface area contributed by atoms with Gasteiger partial charge < -0.3 is 5.32 Å². The number of rotatable bonds is 4. The van der Waals surface area contributed by atoms with E-state index in [4.69, 9.17) is 0 Å². The minimum Gasteiger partial charge on any atom is -0.333 e. The van der Waals surface area contributed by atoms with E-state index in [1.165, 1.54) is 25.3 Å². The van der Waals surface area contributed by atoms with Crippen LogP contribution >= 0.6 is 0 Å². The van der Waals surface area contributed by atoms with E-state index >= 15 is 0 Å². The highest BCUT2D eigenvalue weighted by molar-refractivity contribution is 5.87. The number of carbonyl (C=O) groups is 1. The Bertz CT molecular complexity index is 219. The van der Waals surface area contributed by atoms with Gasteiger partial charge in [0.25, 0.3) is 0 Å². The van der Waals surface area contributed by atoms with Gasteiger partial charge in [-0.3, -0.25) is 9.69 Å². The Morgan fingerprint density at radius 2 is 1.93 bits per heavy atom. The van der Waals surface area contributed by atoms with Crippen molar-refractivity contribution in [2.24, 2.45) is 0 Å². The maximum atomic E-state index is 11.1. The van der Waals surface area contributed by atoms with E-state index in [2.05, 4.69) is 23.4 Å². The van der Waals surface area contributed by atoms with Gasteiger partial charge in [0.1, 0.15) is 6.17 Å². The first-order valence-corrected chi connectivity index (χ1v) is 5.07. The molecule has 0 aromatic rings. The van der Waals surface area contributed by atoms with Crippen LogP contribution in [0.3, 0.4) is 0 Å². The number of hydrogen-bond acceptors (Lipinski definition) is 2. The summed E-state index contributed by atoms with van der Waals surface area (Å²) < 4.78 is 0. The van der Waals surface area contributed by atoms with Gasteiger partial charge in [-0.1, -0.05) is 25.7 Å². The summed E-state index contributed by atoms with van der Waals surface area (Å²) in [5, 5.41) is 2.84. The van der Waals surface area contributed by atoms with Crippen LogP contribution in [0.2, 0.25) is 0 Å². The summed E-state index contributed by atoms with van der Waals surface area (Å²) >= 11 is 0. The second-order valence-corrected chi connectivity index (χ2v) is 3.49. The third-order valence-electron chi connectivity index (χ3n) is 2.48. The molecule has 0 aromatic carbocycles. The number of piperidine rings is 1. The quantitative estimate of drug-likeness (QED) is 0.540. The maximum Gasteiger partial charge on any atom is 0.244 e. The molecular formula is C11H18N2O. The summed E-state index contributed by atoms with van der Waals surface area (Å²) in [5.41, 5.74) is 0. The molecule has 1 atom stereocenters. The zero-order chi connectivity index (χ0) is 10.4. The second kappa shape index (κ2) is 5.60. The molecule has 0 radical (unpaired) electrons. The van der Waals surface area contributed by atoms with Crippen LogP contribution in [0, 0.1) is 0 Å². The smallest absolute Gasteiger partial charge is 0.244 e. The van der Waals surface area contributed by atoms with E-state index in [9.17, 15) is 4.79 Å². The highest BCUT2D eigenvalue weighted by Crippen LogP contribution is 2.11. The zero-order valence-electron chi connectivity index (χ0n) is 8.54. The Kier molecular flexibility index (Phi) is 4.40. The fourth-order valence-corrected chi connectivity index (χ4v) is 1.70. The first kappa shape index (κ1) is 11.0. The van der Waals surface area contributed by atoms with E-state index in [0.29, 0.717) is 0 Å². The summed E-state index contributed by atoms with van der Waals surface area (Å²) in [5.74, 6) is -0.138. The van der Waals surface area contributed by atoms with Crippen LogP contribution in [0.25, 0.3) is 0 Å². The average Bonchev–Trinajstić information content (AvgIpc) is 2.26. The van der Waals surface area contributed by atoms with Crippen molar-refractivity contribution in [3.63, 3.8) is 0 Å². The third kappa shape index (κ3) is 3.00. The van der Waals surface area contributed by atoms with Crippen molar-refractivity contribution in [3.05, 3.63) is 25.3 Å². The number of nitrogens with zero attached hydrogens (tertiary/aromatic N) is 1. The summed E-state index contributed by atoms with van der Waals surface area (Å²) in [4.78, 5) is 13.4. The Morgan fingerprint density at radius 1 is 1.29 bits per heavy atom. The van der Waals surface area contributed by atoms with Crippen molar-refractivity contribution in [1.29, 1.82) is 0 Å². The predicted molar refractivity (Wildman–Crippen MR) is 57.7 cm³/mol. The van der Waals surface area contributed by atoms with Crippen molar-refractivity contribution in [2.45, 2.75) is 25.4 Å². The van der Waals surface area contributed by atoms with Gasteiger partial charge in [0.15, 0.2) is 0 Å². The highest BCUT2D eigenvalue weighted by Gasteiger charge is 2.18. The van der Waals surface area contributed by atoms with E-state index in [0.717, 1.165) is 13.1 Å². The van der Waals surface area contributed by atoms with Gasteiger partial charge in [0.05, 0.1) is 0 Å². The predicted octanol–water partition coefficient (Wildman–Crippen LogP) is 1.29. The number of nitrogens with one attached hydrogen (secondary N) is 1. The molecule has 3 heteroatoms. The molecule has 1 unspecified atom stereocenters. The number of carbonyl (C=O) groups excluding carboxylic acids is 1. The zero-order valence-corrected chi connectivity index (χ0v) is 8.54. The van der Waals surface area contributed by atoms with E-state index in [-0.39, 0.29) is 12.1 Å². The van der Waals surface area contributed by atoms with Crippen molar-refractivity contribution < 1.29 is 4.79 Å². The van der Waals surface area contributed by atoms with Crippen LogP contribution in [0.5, 0.6) is 0 Å². The van der Waals surface area contributed by atoms with Gasteiger partial charge in [-0.2, -0.15) is 0 Å². The van der Waals surface area contributed by atoms with Crippen LogP contribution in [0.4, 0.5) is 0 Å². The fraction of sp³-hybridized carbons (Fsp3) is 0.545. The fourth-order valence-electron chi connectivity index (χ4n) is 1.70. The Morgan fingerprint density at radius 3 is 2.43 bits per heavy atom. The molecule has 0 aromatic heterocycles. The third-order valence-corrected chi connectivity index (χ3v) is 2.48. The van der Waals surface area contributed by atoms with Gasteiger partial charge in [0, 0.05) is 13.1 Å². The van der Waals surface area contributed by atoms with E-state index < -0.39 is 0 Å². The number of amides is 1. The molecule has 1 aliphatic rings. The molecule has 1 aliphatic heterocycles. The van der Waals surface area contributed by atoms with Crippen LogP contribution in [-0.4, -0.2) is 30.1 Å². The van der Waals surface area contributed by atoms with E-state index in [1.54, 1.807) is 6.08 Å². The second-order valence-electron chi connectivity index (χ2n) is 3.49. The molecule has 1 N–H and O–H groups in total. The van der Waals surface area contributed by atoms with Crippen molar-refractivity contribution >= 4 is 5.91 Å². The molecule has 0 spiro atoms. The van der Waals surface area contributed by atoms with Gasteiger partial charge >= 0.3 is 0 Å². The molecule has 1 rings (SSSR count). The summed E-state index contributed by atoms with van der Waals surface area (Å²) in [6, 6.07) is 0. The van der Waals surface area contributed by atoms with Crippen LogP contribution < -0.4 is 5.32 Å². The largest absolute Gasteiger partial charge is 0.333 e. The Balaban J connectivity index is 2.46. The minimum absolute atomic E-state index is 0.0409. The molecule has 0 aliphatic carbocycles. The number of likely N-dealkylation sites (tertiary alicyclic amines) is 1. The summed E-state index contributed by atoms with van der Waals surface area (Å²) in [6.45, 7) is 9.23. The lowest BCUT2D eigenvalue weighted by Crippen LogP contribution is -2.48. The lowest BCUT2D eigenvalue weighted by Gasteiger charge is -2.32. The molecule has 14 heavy (non-hydrogen) atoms. The van der Waals surface area contributed by atoms with Gasteiger partial charge in [0.2, 0.25) is 5.91 Å². The molecule has 1 saturated heterocycles. The molecule has 0 saturated carbocycles. The lowest BCUT2D eigenvalue weighted by atomic mass is 10.1. The van der Waals surface area contributed by atoms with Crippen LogP contribution in [0.15, 0.2) is 25.3 Å². The SMILES string of the molecule is C=CC(=O)NC(C=C)N1CCCCC1. The first-order valence-electron chi connectivity index (χ1n) is 5.07. The first-order chi connectivity index (χ1) is 6.77. The van der Waals surface area contributed by atoms with Gasteiger partial charge in [-0.05, 0) is 18.9 Å². The van der Waals surface area contributed by atoms with Crippen LogP contribution in [-0.2, 0) is 4.79 Å². The summed E-state index contributed by atoms with van der Waals surface area (Å²) in [6.07, 6.45) is 6.71. The van der Waals surface area contributed by atoms with Crippen LogP contribution in [0.1, 0.15) is 19.3 Å². The number of hydrogen-bond donors (Lipinski definition) is 1. The van der Waals surface area contributed by atoms with Gasteiger partial charge in [-0.15, -0.1) is 0 Å². The maximum absolute atomic E-state index is 11.1. The standard InChI is InChI=1S/C11H18N2O/c1-3-10(12-11(14)4-2)13-8-6-5-7-9-13/h3-4,10H,1-2,5-9H2,(H,12,14). The average molecular weight is 194 g/mol. The molecule has 3 nitrogen and oxygen atoms in total. The highest BCUT2D eigenvalue weighted by atomic mass is 16.1. The molecule has 1 fully saturated rings. The normalized spacial score (nSPS) is 19.7. The molecule has 1 heterocycles. The Labute approximate surface area is 85.5 Å². The van der Waals surface area contributed by atoms with E-state index in [1.807, 2.05) is 0 Å². The lowest BCUT2D eigenvalue weighted by molar-refractivity contribution is -0.118. The van der Waals surface area contributed by atoms with Gasteiger partial charge in [-0.25, -0.2) is 0 Å².